The standard InChI is InChI=1S/C18H20ClNO2/c1-4-13-5-7-14(8-6-13)12(2)20-18(21)15-9-10-17(22-3)16(19)11-15/h5-12H,4H2,1-3H3,(H,20,21)/t12-/m1/s1. The smallest absolute Gasteiger partial charge is 0.251 e. The zero-order valence-corrected chi connectivity index (χ0v) is 13.8. The molecule has 0 bridgehead atoms. The minimum absolute atomic E-state index is 0.0701. The molecule has 1 N–H and O–H groups in total. The Kier molecular flexibility index (Phi) is 5.45. The second-order valence-electron chi connectivity index (χ2n) is 5.14. The molecule has 2 aromatic carbocycles. The van der Waals surface area contributed by atoms with Gasteiger partial charge in [0.25, 0.3) is 5.91 Å². The molecule has 4 heteroatoms. The summed E-state index contributed by atoms with van der Waals surface area (Å²) in [7, 11) is 1.54. The molecule has 0 unspecified atom stereocenters. The maximum atomic E-state index is 12.3. The third kappa shape index (κ3) is 3.80. The summed E-state index contributed by atoms with van der Waals surface area (Å²) in [6.45, 7) is 4.08. The van der Waals surface area contributed by atoms with E-state index >= 15 is 0 Å². The Morgan fingerprint density at radius 3 is 2.45 bits per heavy atom. The van der Waals surface area contributed by atoms with E-state index in [9.17, 15) is 4.79 Å². The van der Waals surface area contributed by atoms with Crippen molar-refractivity contribution in [1.82, 2.24) is 5.32 Å². The number of rotatable bonds is 5. The molecule has 1 atom stereocenters. The van der Waals surface area contributed by atoms with Gasteiger partial charge < -0.3 is 10.1 Å². The van der Waals surface area contributed by atoms with Crippen molar-refractivity contribution in [3.63, 3.8) is 0 Å². The lowest BCUT2D eigenvalue weighted by molar-refractivity contribution is 0.0940. The van der Waals surface area contributed by atoms with Crippen LogP contribution in [0.3, 0.4) is 0 Å². The van der Waals surface area contributed by atoms with E-state index in [0.717, 1.165) is 12.0 Å². The van der Waals surface area contributed by atoms with Crippen molar-refractivity contribution in [3.8, 4) is 5.75 Å². The van der Waals surface area contributed by atoms with Crippen LogP contribution in [0.2, 0.25) is 5.02 Å². The third-order valence-corrected chi connectivity index (χ3v) is 3.94. The second kappa shape index (κ2) is 7.32. The summed E-state index contributed by atoms with van der Waals surface area (Å²) in [5, 5.41) is 3.40. The van der Waals surface area contributed by atoms with Crippen molar-refractivity contribution in [2.45, 2.75) is 26.3 Å². The van der Waals surface area contributed by atoms with E-state index in [-0.39, 0.29) is 11.9 Å². The molecule has 0 aliphatic carbocycles. The van der Waals surface area contributed by atoms with Crippen molar-refractivity contribution in [2.75, 3.05) is 7.11 Å². The Hall–Kier alpha value is -2.00. The van der Waals surface area contributed by atoms with Crippen molar-refractivity contribution >= 4 is 17.5 Å². The molecule has 3 nitrogen and oxygen atoms in total. The Morgan fingerprint density at radius 1 is 1.23 bits per heavy atom. The molecule has 0 fully saturated rings. The van der Waals surface area contributed by atoms with Gasteiger partial charge in [0.05, 0.1) is 18.2 Å². The molecular weight excluding hydrogens is 298 g/mol. The average Bonchev–Trinajstić information content (AvgIpc) is 2.54. The fraction of sp³-hybridized carbons (Fsp3) is 0.278. The summed E-state index contributed by atoms with van der Waals surface area (Å²) in [5.41, 5.74) is 2.87. The van der Waals surface area contributed by atoms with Crippen LogP contribution in [-0.4, -0.2) is 13.0 Å². The largest absolute Gasteiger partial charge is 0.495 e. The number of carbonyl (C=O) groups is 1. The van der Waals surface area contributed by atoms with E-state index in [4.69, 9.17) is 16.3 Å². The van der Waals surface area contributed by atoms with Crippen LogP contribution in [0.1, 0.15) is 41.4 Å². The fourth-order valence-electron chi connectivity index (χ4n) is 2.21. The number of halogens is 1. The van der Waals surface area contributed by atoms with Crippen LogP contribution < -0.4 is 10.1 Å². The number of amides is 1. The molecule has 2 aromatic rings. The van der Waals surface area contributed by atoms with Crippen LogP contribution in [0.25, 0.3) is 0 Å². The molecule has 2 rings (SSSR count). The predicted octanol–water partition coefficient (Wildman–Crippen LogP) is 4.40. The maximum absolute atomic E-state index is 12.3. The van der Waals surface area contributed by atoms with Gasteiger partial charge in [-0.2, -0.15) is 0 Å². The molecule has 0 saturated heterocycles. The van der Waals surface area contributed by atoms with Crippen LogP contribution in [0.5, 0.6) is 5.75 Å². The first kappa shape index (κ1) is 16.4. The van der Waals surface area contributed by atoms with Gasteiger partial charge >= 0.3 is 0 Å². The van der Waals surface area contributed by atoms with Crippen molar-refractivity contribution in [1.29, 1.82) is 0 Å². The molecule has 116 valence electrons. The molecule has 0 aliphatic heterocycles. The first-order chi connectivity index (χ1) is 10.5. The molecule has 0 radical (unpaired) electrons. The second-order valence-corrected chi connectivity index (χ2v) is 5.55. The Balaban J connectivity index is 2.08. The van der Waals surface area contributed by atoms with Crippen molar-refractivity contribution < 1.29 is 9.53 Å². The molecule has 0 saturated carbocycles. The van der Waals surface area contributed by atoms with E-state index in [0.29, 0.717) is 16.3 Å². The van der Waals surface area contributed by atoms with Crippen LogP contribution >= 0.6 is 11.6 Å². The average molecular weight is 318 g/mol. The SMILES string of the molecule is CCc1ccc([C@@H](C)NC(=O)c2ccc(OC)c(Cl)c2)cc1. The highest BCUT2D eigenvalue weighted by molar-refractivity contribution is 6.32. The van der Waals surface area contributed by atoms with Gasteiger partial charge in [0.2, 0.25) is 0 Å². The van der Waals surface area contributed by atoms with Gasteiger partial charge in [0.1, 0.15) is 5.75 Å². The first-order valence-electron chi connectivity index (χ1n) is 7.28. The monoisotopic (exact) mass is 317 g/mol. The van der Waals surface area contributed by atoms with E-state index in [1.807, 2.05) is 19.1 Å². The molecule has 0 aromatic heterocycles. The Bertz CT molecular complexity index is 653. The topological polar surface area (TPSA) is 38.3 Å². The predicted molar refractivity (Wildman–Crippen MR) is 89.7 cm³/mol. The molecule has 22 heavy (non-hydrogen) atoms. The van der Waals surface area contributed by atoms with Gasteiger partial charge in [-0.1, -0.05) is 42.8 Å². The van der Waals surface area contributed by atoms with Crippen LogP contribution in [0, 0.1) is 0 Å². The minimum Gasteiger partial charge on any atom is -0.495 e. The van der Waals surface area contributed by atoms with Gasteiger partial charge in [-0.25, -0.2) is 0 Å². The summed E-state index contributed by atoms with van der Waals surface area (Å²) in [6, 6.07) is 13.2. The number of hydrogen-bond acceptors (Lipinski definition) is 2. The van der Waals surface area contributed by atoms with Crippen LogP contribution in [0.15, 0.2) is 42.5 Å². The fourth-order valence-corrected chi connectivity index (χ4v) is 2.47. The summed E-state index contributed by atoms with van der Waals surface area (Å²) in [5.74, 6) is 0.401. The van der Waals surface area contributed by atoms with E-state index < -0.39 is 0 Å². The minimum atomic E-state index is -0.156. The van der Waals surface area contributed by atoms with Crippen LogP contribution in [0.4, 0.5) is 0 Å². The van der Waals surface area contributed by atoms with Gasteiger partial charge in [-0.3, -0.25) is 4.79 Å². The number of hydrogen-bond donors (Lipinski definition) is 1. The van der Waals surface area contributed by atoms with Crippen molar-refractivity contribution in [3.05, 3.63) is 64.2 Å². The summed E-state index contributed by atoms with van der Waals surface area (Å²) >= 11 is 6.06. The summed E-state index contributed by atoms with van der Waals surface area (Å²) in [4.78, 5) is 12.3. The molecule has 0 aliphatic rings. The normalized spacial score (nSPS) is 11.8. The number of aryl methyl sites for hydroxylation is 1. The summed E-state index contributed by atoms with van der Waals surface area (Å²) < 4.78 is 5.09. The Morgan fingerprint density at radius 2 is 1.91 bits per heavy atom. The number of ether oxygens (including phenoxy) is 1. The van der Waals surface area contributed by atoms with Gasteiger partial charge in [-0.15, -0.1) is 0 Å². The first-order valence-corrected chi connectivity index (χ1v) is 7.66. The van der Waals surface area contributed by atoms with Gasteiger partial charge in [-0.05, 0) is 42.7 Å². The molecule has 0 heterocycles. The van der Waals surface area contributed by atoms with Crippen LogP contribution in [-0.2, 0) is 6.42 Å². The zero-order chi connectivity index (χ0) is 16.1. The number of methoxy groups -OCH3 is 1. The van der Waals surface area contributed by atoms with E-state index in [1.165, 1.54) is 5.56 Å². The van der Waals surface area contributed by atoms with Crippen molar-refractivity contribution in [2.24, 2.45) is 0 Å². The lowest BCUT2D eigenvalue weighted by atomic mass is 10.0. The summed E-state index contributed by atoms with van der Waals surface area (Å²) in [6.07, 6.45) is 1.01. The number of carbonyl (C=O) groups excluding carboxylic acids is 1. The Labute approximate surface area is 136 Å². The lowest BCUT2D eigenvalue weighted by Crippen LogP contribution is -2.26. The van der Waals surface area contributed by atoms with Gasteiger partial charge in [0.15, 0.2) is 0 Å². The molecular formula is C18H20ClNO2. The number of nitrogens with one attached hydrogen (secondary N) is 1. The van der Waals surface area contributed by atoms with Gasteiger partial charge in [0, 0.05) is 5.56 Å². The highest BCUT2D eigenvalue weighted by Gasteiger charge is 2.13. The highest BCUT2D eigenvalue weighted by Crippen LogP contribution is 2.25. The third-order valence-electron chi connectivity index (χ3n) is 3.65. The molecule has 0 spiro atoms. The quantitative estimate of drug-likeness (QED) is 0.887. The van der Waals surface area contributed by atoms with E-state index in [1.54, 1.807) is 25.3 Å². The highest BCUT2D eigenvalue weighted by atomic mass is 35.5. The maximum Gasteiger partial charge on any atom is 0.251 e. The molecule has 1 amide bonds. The van der Waals surface area contributed by atoms with E-state index in [2.05, 4.69) is 24.4 Å². The number of benzene rings is 2. The lowest BCUT2D eigenvalue weighted by Gasteiger charge is -2.15. The zero-order valence-electron chi connectivity index (χ0n) is 13.0.